The van der Waals surface area contributed by atoms with Crippen LogP contribution in [0, 0.1) is 5.82 Å². The monoisotopic (exact) mass is 262 g/mol. The molecule has 0 saturated heterocycles. The molecule has 2 heterocycles. The van der Waals surface area contributed by atoms with Gasteiger partial charge < -0.3 is 19.8 Å². The number of aromatic nitrogens is 1. The van der Waals surface area contributed by atoms with Crippen LogP contribution in [-0.4, -0.2) is 18.8 Å². The predicted molar refractivity (Wildman–Crippen MR) is 70.2 cm³/mol. The quantitative estimate of drug-likeness (QED) is 0.874. The Morgan fingerprint density at radius 2 is 2.32 bits per heavy atom. The highest BCUT2D eigenvalue weighted by Gasteiger charge is 2.19. The summed E-state index contributed by atoms with van der Waals surface area (Å²) in [5.74, 6) is -0.252. The Balaban J connectivity index is 2.19. The van der Waals surface area contributed by atoms with Crippen LogP contribution >= 0.6 is 0 Å². The largest absolute Gasteiger partial charge is 0.380 e. The van der Waals surface area contributed by atoms with E-state index in [0.717, 1.165) is 28.1 Å². The van der Waals surface area contributed by atoms with E-state index in [1.165, 1.54) is 6.07 Å². The van der Waals surface area contributed by atoms with Gasteiger partial charge in [0, 0.05) is 41.4 Å². The maximum atomic E-state index is 13.5. The van der Waals surface area contributed by atoms with Gasteiger partial charge in [-0.3, -0.25) is 0 Å². The molecule has 0 aliphatic carbocycles. The van der Waals surface area contributed by atoms with Crippen molar-refractivity contribution in [1.82, 2.24) is 4.98 Å². The number of rotatable bonds is 2. The Bertz CT molecular complexity index is 582. The van der Waals surface area contributed by atoms with Crippen molar-refractivity contribution in [2.75, 3.05) is 19.2 Å². The number of benzene rings is 1. The number of nitrogens with one attached hydrogen (secondary N) is 2. The highest BCUT2D eigenvalue weighted by atomic mass is 19.1. The minimum absolute atomic E-state index is 0.252. The lowest BCUT2D eigenvalue weighted by atomic mass is 9.99. The summed E-state index contributed by atoms with van der Waals surface area (Å²) >= 11 is 0. The van der Waals surface area contributed by atoms with E-state index in [-0.39, 0.29) is 5.82 Å². The van der Waals surface area contributed by atoms with Crippen molar-refractivity contribution in [2.24, 2.45) is 0 Å². The van der Waals surface area contributed by atoms with Crippen LogP contribution in [0.1, 0.15) is 11.3 Å². The molecule has 1 aliphatic heterocycles. The molecule has 2 N–H and O–H groups in total. The lowest BCUT2D eigenvalue weighted by molar-refractivity contribution is 0.136. The van der Waals surface area contributed by atoms with Gasteiger partial charge in [0.25, 0.3) is 0 Å². The van der Waals surface area contributed by atoms with Gasteiger partial charge in [-0.2, -0.15) is 0 Å². The van der Waals surface area contributed by atoms with Crippen molar-refractivity contribution in [3.63, 3.8) is 0 Å². The molecule has 0 unspecified atom stereocenters. The van der Waals surface area contributed by atoms with Crippen LogP contribution in [0.15, 0.2) is 24.4 Å². The molecular weight excluding hydrogens is 247 g/mol. The zero-order valence-electron chi connectivity index (χ0n) is 10.6. The molecule has 0 atom stereocenters. The zero-order valence-corrected chi connectivity index (χ0v) is 10.6. The van der Waals surface area contributed by atoms with Gasteiger partial charge in [-0.25, -0.2) is 4.39 Å². The van der Waals surface area contributed by atoms with Crippen molar-refractivity contribution >= 4 is 5.69 Å². The van der Waals surface area contributed by atoms with E-state index in [9.17, 15) is 4.39 Å². The average molecular weight is 262 g/mol. The summed E-state index contributed by atoms with van der Waals surface area (Å²) in [7, 11) is 1.64. The van der Waals surface area contributed by atoms with E-state index in [0.29, 0.717) is 19.9 Å². The zero-order chi connectivity index (χ0) is 13.2. The molecule has 0 bridgehead atoms. The number of ether oxygens (including phenoxy) is 2. The van der Waals surface area contributed by atoms with Crippen LogP contribution < -0.4 is 5.32 Å². The molecule has 3 rings (SSSR count). The number of hydrogen-bond donors (Lipinski definition) is 2. The molecule has 0 amide bonds. The Hall–Kier alpha value is -1.85. The van der Waals surface area contributed by atoms with Crippen LogP contribution in [0.25, 0.3) is 11.1 Å². The third-order valence-corrected chi connectivity index (χ3v) is 3.21. The van der Waals surface area contributed by atoms with Crippen LogP contribution in [-0.2, 0) is 22.7 Å². The Morgan fingerprint density at radius 3 is 3.16 bits per heavy atom. The van der Waals surface area contributed by atoms with Crippen LogP contribution in [0.4, 0.5) is 10.1 Å². The van der Waals surface area contributed by atoms with Gasteiger partial charge >= 0.3 is 0 Å². The molecule has 1 aromatic heterocycles. The summed E-state index contributed by atoms with van der Waals surface area (Å²) in [6, 6.07) is 4.71. The smallest absolute Gasteiger partial charge is 0.123 e. The summed E-state index contributed by atoms with van der Waals surface area (Å²) in [6.45, 7) is 1.33. The Labute approximate surface area is 110 Å². The van der Waals surface area contributed by atoms with E-state index in [1.807, 2.05) is 6.20 Å². The van der Waals surface area contributed by atoms with Gasteiger partial charge in [-0.15, -0.1) is 0 Å². The fraction of sp³-hybridized carbons (Fsp3) is 0.286. The standard InChI is InChI=1S/C14H15FN2O2/c1-18-6-9-5-16-13-7-19-8-17-12-3-2-10(15)4-11(12)14(9)13/h2-5,16-17H,6-8H2,1H3. The number of hydrogen-bond acceptors (Lipinski definition) is 3. The number of methoxy groups -OCH3 is 1. The van der Waals surface area contributed by atoms with E-state index in [2.05, 4.69) is 10.3 Å². The minimum Gasteiger partial charge on any atom is -0.380 e. The lowest BCUT2D eigenvalue weighted by Crippen LogP contribution is -2.11. The van der Waals surface area contributed by atoms with Crippen molar-refractivity contribution in [3.05, 3.63) is 41.5 Å². The number of fused-ring (bicyclic) bond motifs is 3. The summed E-state index contributed by atoms with van der Waals surface area (Å²) in [4.78, 5) is 3.18. The number of aromatic amines is 1. The Kier molecular flexibility index (Phi) is 3.23. The van der Waals surface area contributed by atoms with Crippen LogP contribution in [0.5, 0.6) is 0 Å². The predicted octanol–water partition coefficient (Wildman–Crippen LogP) is 2.87. The first-order valence-corrected chi connectivity index (χ1v) is 6.09. The third kappa shape index (κ3) is 2.22. The first kappa shape index (κ1) is 12.2. The van der Waals surface area contributed by atoms with Crippen LogP contribution in [0.2, 0.25) is 0 Å². The van der Waals surface area contributed by atoms with Gasteiger partial charge in [-0.1, -0.05) is 0 Å². The number of halogens is 1. The summed E-state index contributed by atoms with van der Waals surface area (Å²) < 4.78 is 24.2. The molecule has 19 heavy (non-hydrogen) atoms. The first-order valence-electron chi connectivity index (χ1n) is 6.09. The van der Waals surface area contributed by atoms with Gasteiger partial charge in [0.1, 0.15) is 12.5 Å². The lowest BCUT2D eigenvalue weighted by Gasteiger charge is -2.18. The highest BCUT2D eigenvalue weighted by molar-refractivity contribution is 5.82. The molecule has 0 radical (unpaired) electrons. The molecular formula is C14H15FN2O2. The van der Waals surface area contributed by atoms with Gasteiger partial charge in [0.05, 0.1) is 13.2 Å². The molecule has 0 spiro atoms. The number of anilines is 1. The normalized spacial score (nSPS) is 14.0. The summed E-state index contributed by atoms with van der Waals surface area (Å²) in [6.07, 6.45) is 1.89. The van der Waals surface area contributed by atoms with Gasteiger partial charge in [-0.05, 0) is 18.2 Å². The summed E-state index contributed by atoms with van der Waals surface area (Å²) in [5, 5.41) is 3.15. The maximum Gasteiger partial charge on any atom is 0.123 e. The number of H-pyrrole nitrogens is 1. The molecule has 0 saturated carbocycles. The van der Waals surface area contributed by atoms with E-state index in [1.54, 1.807) is 19.2 Å². The van der Waals surface area contributed by atoms with Crippen molar-refractivity contribution in [2.45, 2.75) is 13.2 Å². The second kappa shape index (κ2) is 5.03. The fourth-order valence-electron chi connectivity index (χ4n) is 2.39. The topological polar surface area (TPSA) is 46.3 Å². The summed E-state index contributed by atoms with van der Waals surface area (Å²) in [5.41, 5.74) is 4.60. The average Bonchev–Trinajstić information content (AvgIpc) is 2.76. The molecule has 5 heteroatoms. The third-order valence-electron chi connectivity index (χ3n) is 3.21. The van der Waals surface area contributed by atoms with Crippen molar-refractivity contribution < 1.29 is 13.9 Å². The molecule has 2 aromatic rings. The second-order valence-corrected chi connectivity index (χ2v) is 4.46. The van der Waals surface area contributed by atoms with Crippen molar-refractivity contribution in [3.8, 4) is 11.1 Å². The second-order valence-electron chi connectivity index (χ2n) is 4.46. The Morgan fingerprint density at radius 1 is 1.42 bits per heavy atom. The first-order chi connectivity index (χ1) is 9.29. The molecule has 100 valence electrons. The van der Waals surface area contributed by atoms with E-state index < -0.39 is 0 Å². The fourth-order valence-corrected chi connectivity index (χ4v) is 2.39. The molecule has 4 nitrogen and oxygen atoms in total. The molecule has 1 aromatic carbocycles. The van der Waals surface area contributed by atoms with Crippen molar-refractivity contribution in [1.29, 1.82) is 0 Å². The van der Waals surface area contributed by atoms with E-state index in [4.69, 9.17) is 9.47 Å². The minimum atomic E-state index is -0.252. The molecule has 1 aliphatic rings. The van der Waals surface area contributed by atoms with Gasteiger partial charge in [0.2, 0.25) is 0 Å². The highest BCUT2D eigenvalue weighted by Crippen LogP contribution is 2.36. The van der Waals surface area contributed by atoms with E-state index >= 15 is 0 Å². The maximum absolute atomic E-state index is 13.5. The van der Waals surface area contributed by atoms with Crippen LogP contribution in [0.3, 0.4) is 0 Å². The molecule has 0 fully saturated rings. The van der Waals surface area contributed by atoms with Gasteiger partial charge in [0.15, 0.2) is 0 Å². The SMILES string of the molecule is COCc1c[nH]c2c1-c1cc(F)ccc1NCOC2.